The molecule has 2 aromatic rings. The summed E-state index contributed by atoms with van der Waals surface area (Å²) in [6.07, 6.45) is 1.46. The molecule has 0 aromatic carbocycles. The quantitative estimate of drug-likeness (QED) is 0.829. The van der Waals surface area contributed by atoms with Gasteiger partial charge < -0.3 is 10.4 Å². The Morgan fingerprint density at radius 1 is 1.27 bits per heavy atom. The molecule has 0 amide bonds. The van der Waals surface area contributed by atoms with Gasteiger partial charge in [0.15, 0.2) is 0 Å². The minimum atomic E-state index is 0.205. The van der Waals surface area contributed by atoms with Gasteiger partial charge in [-0.25, -0.2) is 0 Å². The molecule has 4 heteroatoms. The molecule has 0 radical (unpaired) electrons. The summed E-state index contributed by atoms with van der Waals surface area (Å²) in [7, 11) is 0. The summed E-state index contributed by atoms with van der Waals surface area (Å²) in [6, 6.07) is 5.56. The van der Waals surface area contributed by atoms with Crippen LogP contribution in [0.25, 0.3) is 0 Å². The smallest absolute Gasteiger partial charge is 0.133 e. The van der Waals surface area contributed by atoms with E-state index in [9.17, 15) is 0 Å². The fourth-order valence-electron chi connectivity index (χ4n) is 1.25. The fraction of sp³-hybridized carbons (Fsp3) is 0.182. The van der Waals surface area contributed by atoms with E-state index in [4.69, 9.17) is 5.11 Å². The number of nitrogens with zero attached hydrogens (tertiary/aromatic N) is 1. The maximum Gasteiger partial charge on any atom is 0.133 e. The fourth-order valence-corrected chi connectivity index (χ4v) is 1.92. The number of hydrogen-bond donors (Lipinski definition) is 2. The van der Waals surface area contributed by atoms with Crippen molar-refractivity contribution in [2.45, 2.75) is 13.1 Å². The lowest BCUT2D eigenvalue weighted by atomic mass is 10.3. The Morgan fingerprint density at radius 3 is 2.87 bits per heavy atom. The summed E-state index contributed by atoms with van der Waals surface area (Å²) in [5.74, 6) is 0.205. The Labute approximate surface area is 92.4 Å². The zero-order chi connectivity index (χ0) is 10.5. The average molecular weight is 220 g/mol. The molecular weight excluding hydrogens is 208 g/mol. The van der Waals surface area contributed by atoms with Crippen molar-refractivity contribution < 1.29 is 5.11 Å². The van der Waals surface area contributed by atoms with Crippen LogP contribution in [0, 0.1) is 0 Å². The molecule has 78 valence electrons. The van der Waals surface area contributed by atoms with Gasteiger partial charge in [0.05, 0.1) is 11.9 Å². The van der Waals surface area contributed by atoms with Crippen LogP contribution in [-0.4, -0.2) is 10.1 Å². The molecule has 15 heavy (non-hydrogen) atoms. The molecule has 2 aromatic heterocycles. The lowest BCUT2D eigenvalue weighted by molar-refractivity contribution is 0.471. The van der Waals surface area contributed by atoms with Crippen molar-refractivity contribution in [2.24, 2.45) is 0 Å². The molecule has 2 N–H and O–H groups in total. The van der Waals surface area contributed by atoms with E-state index in [-0.39, 0.29) is 5.75 Å². The predicted octanol–water partition coefficient (Wildman–Crippen LogP) is 2.14. The van der Waals surface area contributed by atoms with Gasteiger partial charge in [0.25, 0.3) is 0 Å². The highest BCUT2D eigenvalue weighted by Gasteiger charge is 1.95. The number of aromatic nitrogens is 1. The first-order chi connectivity index (χ1) is 7.34. The molecule has 3 nitrogen and oxygen atoms in total. The number of aromatic hydroxyl groups is 1. The summed E-state index contributed by atoms with van der Waals surface area (Å²) in [6.45, 7) is 1.57. The lowest BCUT2D eigenvalue weighted by Gasteiger charge is -2.02. The number of nitrogens with one attached hydrogen (secondary N) is 1. The van der Waals surface area contributed by atoms with Crippen molar-refractivity contribution in [3.8, 4) is 5.75 Å². The summed E-state index contributed by atoms with van der Waals surface area (Å²) in [5, 5.41) is 16.5. The molecule has 0 atom stereocenters. The second-order valence-corrected chi connectivity index (χ2v) is 4.02. The number of pyridine rings is 1. The van der Waals surface area contributed by atoms with Gasteiger partial charge in [-0.3, -0.25) is 4.98 Å². The third-order valence-electron chi connectivity index (χ3n) is 2.02. The zero-order valence-electron chi connectivity index (χ0n) is 8.18. The summed E-state index contributed by atoms with van der Waals surface area (Å²) < 4.78 is 0. The second kappa shape index (κ2) is 4.91. The molecule has 0 aliphatic heterocycles. The topological polar surface area (TPSA) is 45.1 Å². The van der Waals surface area contributed by atoms with Gasteiger partial charge in [0.1, 0.15) is 5.75 Å². The molecule has 2 rings (SSSR count). The van der Waals surface area contributed by atoms with E-state index in [1.807, 2.05) is 6.07 Å². The molecule has 0 bridgehead atoms. The van der Waals surface area contributed by atoms with Crippen LogP contribution in [0.3, 0.4) is 0 Å². The highest BCUT2D eigenvalue weighted by atomic mass is 32.1. The van der Waals surface area contributed by atoms with Crippen LogP contribution in [0.4, 0.5) is 0 Å². The van der Waals surface area contributed by atoms with E-state index in [0.717, 1.165) is 18.8 Å². The van der Waals surface area contributed by atoms with Gasteiger partial charge >= 0.3 is 0 Å². The minimum absolute atomic E-state index is 0.205. The third-order valence-corrected chi connectivity index (χ3v) is 2.76. The highest BCUT2D eigenvalue weighted by Crippen LogP contribution is 2.07. The SMILES string of the molecule is Oc1ccc(CNCc2ccsc2)nc1. The van der Waals surface area contributed by atoms with Gasteiger partial charge in [0.2, 0.25) is 0 Å². The molecule has 0 fully saturated rings. The minimum Gasteiger partial charge on any atom is -0.506 e. The van der Waals surface area contributed by atoms with Crippen LogP contribution < -0.4 is 5.32 Å². The molecule has 0 saturated heterocycles. The molecule has 0 aliphatic carbocycles. The first-order valence-corrected chi connectivity index (χ1v) is 5.64. The second-order valence-electron chi connectivity index (χ2n) is 3.24. The first-order valence-electron chi connectivity index (χ1n) is 4.70. The molecular formula is C11H12N2OS. The van der Waals surface area contributed by atoms with Crippen molar-refractivity contribution in [1.29, 1.82) is 0 Å². The van der Waals surface area contributed by atoms with E-state index >= 15 is 0 Å². The average Bonchev–Trinajstić information content (AvgIpc) is 2.74. The first kappa shape index (κ1) is 10.1. The standard InChI is InChI=1S/C11H12N2OS/c14-11-2-1-10(13-7-11)6-12-5-9-3-4-15-8-9/h1-4,7-8,12,14H,5-6H2. The van der Waals surface area contributed by atoms with Crippen LogP contribution in [0.1, 0.15) is 11.3 Å². The van der Waals surface area contributed by atoms with E-state index in [1.54, 1.807) is 17.4 Å². The van der Waals surface area contributed by atoms with Crippen LogP contribution in [0.15, 0.2) is 35.2 Å². The number of thiophene rings is 1. The predicted molar refractivity (Wildman–Crippen MR) is 60.8 cm³/mol. The van der Waals surface area contributed by atoms with E-state index in [0.29, 0.717) is 0 Å². The summed E-state index contributed by atoms with van der Waals surface area (Å²) >= 11 is 1.70. The lowest BCUT2D eigenvalue weighted by Crippen LogP contribution is -2.12. The molecule has 0 saturated carbocycles. The largest absolute Gasteiger partial charge is 0.506 e. The van der Waals surface area contributed by atoms with Crippen LogP contribution >= 0.6 is 11.3 Å². The summed E-state index contributed by atoms with van der Waals surface area (Å²) in [5.41, 5.74) is 2.22. The maximum absolute atomic E-state index is 9.05. The van der Waals surface area contributed by atoms with E-state index < -0.39 is 0 Å². The molecule has 2 heterocycles. The van der Waals surface area contributed by atoms with Gasteiger partial charge in [-0.2, -0.15) is 11.3 Å². The Balaban J connectivity index is 1.81. The molecule has 0 aliphatic rings. The van der Waals surface area contributed by atoms with Crippen LogP contribution in [-0.2, 0) is 13.1 Å². The normalized spacial score (nSPS) is 10.4. The van der Waals surface area contributed by atoms with Gasteiger partial charge in [-0.15, -0.1) is 0 Å². The molecule has 0 spiro atoms. The van der Waals surface area contributed by atoms with Gasteiger partial charge in [0, 0.05) is 13.1 Å². The van der Waals surface area contributed by atoms with Crippen molar-refractivity contribution in [3.63, 3.8) is 0 Å². The highest BCUT2D eigenvalue weighted by molar-refractivity contribution is 7.07. The van der Waals surface area contributed by atoms with E-state index in [2.05, 4.69) is 27.1 Å². The van der Waals surface area contributed by atoms with E-state index in [1.165, 1.54) is 11.8 Å². The third kappa shape index (κ3) is 3.04. The maximum atomic E-state index is 9.05. The number of hydrogen-bond acceptors (Lipinski definition) is 4. The molecule has 0 unspecified atom stereocenters. The Bertz CT molecular complexity index is 397. The number of rotatable bonds is 4. The summed E-state index contributed by atoms with van der Waals surface area (Å²) in [4.78, 5) is 4.09. The van der Waals surface area contributed by atoms with Crippen LogP contribution in [0.5, 0.6) is 5.75 Å². The van der Waals surface area contributed by atoms with Gasteiger partial charge in [-0.05, 0) is 34.5 Å². The van der Waals surface area contributed by atoms with Gasteiger partial charge in [-0.1, -0.05) is 0 Å². The van der Waals surface area contributed by atoms with Crippen molar-refractivity contribution >= 4 is 11.3 Å². The zero-order valence-corrected chi connectivity index (χ0v) is 9.00. The van der Waals surface area contributed by atoms with Crippen molar-refractivity contribution in [2.75, 3.05) is 0 Å². The Morgan fingerprint density at radius 2 is 2.20 bits per heavy atom. The monoisotopic (exact) mass is 220 g/mol. The van der Waals surface area contributed by atoms with Crippen molar-refractivity contribution in [1.82, 2.24) is 10.3 Å². The Kier molecular flexibility index (Phi) is 3.32. The van der Waals surface area contributed by atoms with Crippen LogP contribution in [0.2, 0.25) is 0 Å². The van der Waals surface area contributed by atoms with Crippen molar-refractivity contribution in [3.05, 3.63) is 46.4 Å². The Hall–Kier alpha value is -1.39.